The molecule has 19 heavy (non-hydrogen) atoms. The molecule has 5 nitrogen and oxygen atoms in total. The highest BCUT2D eigenvalue weighted by Crippen LogP contribution is 2.23. The van der Waals surface area contributed by atoms with Crippen molar-refractivity contribution in [3.05, 3.63) is 29.6 Å². The van der Waals surface area contributed by atoms with Crippen LogP contribution < -0.4 is 11.3 Å². The van der Waals surface area contributed by atoms with Gasteiger partial charge in [-0.15, -0.1) is 0 Å². The Balaban J connectivity index is 2.70. The molecule has 1 atom stereocenters. The molecule has 1 aromatic rings. The number of nitrogens with one attached hydrogen (secondary N) is 1. The van der Waals surface area contributed by atoms with Crippen molar-refractivity contribution in [2.75, 3.05) is 7.05 Å². The van der Waals surface area contributed by atoms with Crippen LogP contribution in [0.5, 0.6) is 0 Å². The maximum atomic E-state index is 11.3. The van der Waals surface area contributed by atoms with E-state index in [1.54, 1.807) is 12.3 Å². The van der Waals surface area contributed by atoms with Crippen LogP contribution in [0.15, 0.2) is 18.3 Å². The third-order valence-corrected chi connectivity index (χ3v) is 3.54. The number of pyridine rings is 1. The van der Waals surface area contributed by atoms with Gasteiger partial charge in [0.15, 0.2) is 0 Å². The highest BCUT2D eigenvalue weighted by molar-refractivity contribution is 5.93. The molecule has 0 radical (unpaired) electrons. The summed E-state index contributed by atoms with van der Waals surface area (Å²) < 4.78 is 0. The van der Waals surface area contributed by atoms with E-state index in [0.717, 1.165) is 12.2 Å². The minimum absolute atomic E-state index is 0.216. The number of aromatic nitrogens is 1. The summed E-state index contributed by atoms with van der Waals surface area (Å²) in [7, 11) is 2.08. The Hall–Kier alpha value is -1.46. The topological polar surface area (TPSA) is 71.2 Å². The number of amides is 1. The zero-order chi connectivity index (χ0) is 14.6. The molecule has 0 aliphatic carbocycles. The van der Waals surface area contributed by atoms with Crippen molar-refractivity contribution in [2.24, 2.45) is 11.3 Å². The van der Waals surface area contributed by atoms with Gasteiger partial charge in [-0.05, 0) is 31.5 Å². The maximum absolute atomic E-state index is 11.3. The van der Waals surface area contributed by atoms with Gasteiger partial charge < -0.3 is 0 Å². The first-order chi connectivity index (χ1) is 8.75. The minimum atomic E-state index is -0.324. The summed E-state index contributed by atoms with van der Waals surface area (Å²) in [5, 5.41) is 0. The van der Waals surface area contributed by atoms with Crippen molar-refractivity contribution in [1.82, 2.24) is 15.3 Å². The van der Waals surface area contributed by atoms with Crippen LogP contribution in [-0.2, 0) is 6.54 Å². The average Bonchev–Trinajstić information content (AvgIpc) is 2.36. The number of nitrogens with two attached hydrogens (primary N) is 1. The fraction of sp³-hybridized carbons (Fsp3) is 0.571. The second kappa shape index (κ2) is 6.12. The zero-order valence-corrected chi connectivity index (χ0v) is 12.4. The SMILES string of the molecule is CC(N(C)Cc1ccc(C(=O)NN)cn1)C(C)(C)C. The lowest BCUT2D eigenvalue weighted by molar-refractivity contribution is 0.0953. The molecule has 1 amide bonds. The molecule has 0 aliphatic rings. The van der Waals surface area contributed by atoms with E-state index in [-0.39, 0.29) is 11.3 Å². The van der Waals surface area contributed by atoms with Gasteiger partial charge in [0.25, 0.3) is 5.91 Å². The smallest absolute Gasteiger partial charge is 0.266 e. The summed E-state index contributed by atoms with van der Waals surface area (Å²) >= 11 is 0. The summed E-state index contributed by atoms with van der Waals surface area (Å²) in [6.45, 7) is 9.61. The fourth-order valence-electron chi connectivity index (χ4n) is 1.79. The van der Waals surface area contributed by atoms with Gasteiger partial charge in [-0.25, -0.2) is 5.84 Å². The molecule has 0 fully saturated rings. The predicted molar refractivity (Wildman–Crippen MR) is 76.3 cm³/mol. The normalized spacial score (nSPS) is 13.4. The lowest BCUT2D eigenvalue weighted by atomic mass is 9.87. The van der Waals surface area contributed by atoms with E-state index < -0.39 is 0 Å². The standard InChI is InChI=1S/C14H24N4O/c1-10(14(2,3)4)18(5)9-12-7-6-11(8-16-12)13(19)17-15/h6-8,10H,9,15H2,1-5H3,(H,17,19). The predicted octanol–water partition coefficient (Wildman–Crippen LogP) is 1.55. The van der Waals surface area contributed by atoms with Crippen LogP contribution >= 0.6 is 0 Å². The molecule has 0 bridgehead atoms. The molecule has 0 saturated carbocycles. The molecule has 106 valence electrons. The van der Waals surface area contributed by atoms with Crippen molar-refractivity contribution < 1.29 is 4.79 Å². The number of nitrogen functional groups attached to an aromatic ring is 1. The Labute approximate surface area is 115 Å². The van der Waals surface area contributed by atoms with Crippen LogP contribution in [0.3, 0.4) is 0 Å². The van der Waals surface area contributed by atoms with E-state index in [1.807, 2.05) is 6.07 Å². The van der Waals surface area contributed by atoms with E-state index in [1.165, 1.54) is 0 Å². The van der Waals surface area contributed by atoms with Crippen molar-refractivity contribution in [3.8, 4) is 0 Å². The highest BCUT2D eigenvalue weighted by Gasteiger charge is 2.23. The second-order valence-corrected chi connectivity index (χ2v) is 5.97. The van der Waals surface area contributed by atoms with Crippen LogP contribution in [0.4, 0.5) is 0 Å². The van der Waals surface area contributed by atoms with Gasteiger partial charge >= 0.3 is 0 Å². The monoisotopic (exact) mass is 264 g/mol. The summed E-state index contributed by atoms with van der Waals surface area (Å²) in [6, 6.07) is 4.03. The Kier molecular flexibility index (Phi) is 5.03. The maximum Gasteiger partial charge on any atom is 0.266 e. The summed E-state index contributed by atoms with van der Waals surface area (Å²) in [4.78, 5) is 17.8. The van der Waals surface area contributed by atoms with Gasteiger partial charge in [0, 0.05) is 18.8 Å². The Bertz CT molecular complexity index is 422. The van der Waals surface area contributed by atoms with Gasteiger partial charge in [-0.3, -0.25) is 20.1 Å². The van der Waals surface area contributed by atoms with Crippen LogP contribution in [0.1, 0.15) is 43.7 Å². The van der Waals surface area contributed by atoms with Gasteiger partial charge in [-0.1, -0.05) is 20.8 Å². The van der Waals surface area contributed by atoms with E-state index in [2.05, 4.69) is 50.1 Å². The number of carbonyl (C=O) groups is 1. The first-order valence-corrected chi connectivity index (χ1v) is 6.42. The quantitative estimate of drug-likeness (QED) is 0.492. The summed E-state index contributed by atoms with van der Waals surface area (Å²) in [5.41, 5.74) is 3.71. The first kappa shape index (κ1) is 15.6. The van der Waals surface area contributed by atoms with E-state index in [0.29, 0.717) is 11.6 Å². The third kappa shape index (κ3) is 4.29. The molecule has 1 aromatic heterocycles. The van der Waals surface area contributed by atoms with Crippen molar-refractivity contribution in [3.63, 3.8) is 0 Å². The molecular weight excluding hydrogens is 240 g/mol. The van der Waals surface area contributed by atoms with E-state index >= 15 is 0 Å². The van der Waals surface area contributed by atoms with Crippen LogP contribution in [0, 0.1) is 5.41 Å². The molecule has 0 saturated heterocycles. The van der Waals surface area contributed by atoms with Gasteiger partial charge in [0.1, 0.15) is 0 Å². The van der Waals surface area contributed by atoms with Gasteiger partial charge in [-0.2, -0.15) is 0 Å². The Morgan fingerprint density at radius 3 is 2.53 bits per heavy atom. The molecule has 1 unspecified atom stereocenters. The minimum Gasteiger partial charge on any atom is -0.297 e. The summed E-state index contributed by atoms with van der Waals surface area (Å²) in [5.74, 6) is 4.75. The van der Waals surface area contributed by atoms with Crippen LogP contribution in [0.2, 0.25) is 0 Å². The van der Waals surface area contributed by atoms with Crippen LogP contribution in [-0.4, -0.2) is 28.9 Å². The molecular formula is C14H24N4O. The molecule has 0 spiro atoms. The van der Waals surface area contributed by atoms with Gasteiger partial charge in [0.2, 0.25) is 0 Å². The Morgan fingerprint density at radius 1 is 1.47 bits per heavy atom. The number of rotatable bonds is 4. The van der Waals surface area contributed by atoms with Crippen molar-refractivity contribution in [2.45, 2.75) is 40.3 Å². The highest BCUT2D eigenvalue weighted by atomic mass is 16.2. The number of hydrogen-bond acceptors (Lipinski definition) is 4. The lowest BCUT2D eigenvalue weighted by Crippen LogP contribution is -2.39. The summed E-state index contributed by atoms with van der Waals surface area (Å²) in [6.07, 6.45) is 1.55. The Morgan fingerprint density at radius 2 is 2.11 bits per heavy atom. The number of hydrogen-bond donors (Lipinski definition) is 2. The second-order valence-electron chi connectivity index (χ2n) is 5.97. The number of carbonyl (C=O) groups excluding carboxylic acids is 1. The largest absolute Gasteiger partial charge is 0.297 e. The molecule has 3 N–H and O–H groups in total. The average molecular weight is 264 g/mol. The zero-order valence-electron chi connectivity index (χ0n) is 12.4. The third-order valence-electron chi connectivity index (χ3n) is 3.54. The van der Waals surface area contributed by atoms with Crippen molar-refractivity contribution in [1.29, 1.82) is 0 Å². The van der Waals surface area contributed by atoms with Crippen molar-refractivity contribution >= 4 is 5.91 Å². The number of nitrogens with zero attached hydrogens (tertiary/aromatic N) is 2. The van der Waals surface area contributed by atoms with Crippen LogP contribution in [0.25, 0.3) is 0 Å². The molecule has 1 rings (SSSR count). The van der Waals surface area contributed by atoms with E-state index in [4.69, 9.17) is 5.84 Å². The van der Waals surface area contributed by atoms with E-state index in [9.17, 15) is 4.79 Å². The first-order valence-electron chi connectivity index (χ1n) is 6.42. The molecule has 5 heteroatoms. The van der Waals surface area contributed by atoms with Gasteiger partial charge in [0.05, 0.1) is 11.3 Å². The molecule has 0 aromatic carbocycles. The molecule has 1 heterocycles. The molecule has 0 aliphatic heterocycles. The fourth-order valence-corrected chi connectivity index (χ4v) is 1.79. The lowest BCUT2D eigenvalue weighted by Gasteiger charge is -2.35. The number of hydrazine groups is 1.